The zero-order valence-corrected chi connectivity index (χ0v) is 16.6. The van der Waals surface area contributed by atoms with Crippen LogP contribution in [0.3, 0.4) is 0 Å². The Kier molecular flexibility index (Phi) is 5.59. The molecule has 0 saturated carbocycles. The van der Waals surface area contributed by atoms with Gasteiger partial charge in [-0.1, -0.05) is 0 Å². The summed E-state index contributed by atoms with van der Waals surface area (Å²) < 4.78 is 5.15. The number of piperidine rings is 1. The Bertz CT molecular complexity index is 807. The Morgan fingerprint density at radius 2 is 1.78 bits per heavy atom. The Morgan fingerprint density at radius 3 is 2.37 bits per heavy atom. The zero-order chi connectivity index (χ0) is 19.6. The van der Waals surface area contributed by atoms with E-state index in [2.05, 4.69) is 31.0 Å². The number of nitrogen functional groups attached to an aromatic ring is 1. The average molecular weight is 367 g/mol. The Hall–Kier alpha value is -2.69. The summed E-state index contributed by atoms with van der Waals surface area (Å²) in [6.07, 6.45) is 3.62. The summed E-state index contributed by atoms with van der Waals surface area (Å²) in [4.78, 5) is 15.1. The fourth-order valence-electron chi connectivity index (χ4n) is 3.94. The Balaban J connectivity index is 1.88. The number of carbonyl (C=O) groups is 1. The van der Waals surface area contributed by atoms with Gasteiger partial charge in [0.2, 0.25) is 0 Å². The van der Waals surface area contributed by atoms with Crippen LogP contribution in [0, 0.1) is 6.92 Å². The summed E-state index contributed by atoms with van der Waals surface area (Å²) in [5, 5.41) is 2.97. The SMILES string of the molecule is COc1ccc(C(=O)Nc2cc(N3[C@@H](C)CCC[C@@H]3C)c(C)cc2N)cc1. The highest BCUT2D eigenvalue weighted by Gasteiger charge is 2.26. The monoisotopic (exact) mass is 367 g/mol. The van der Waals surface area contributed by atoms with Crippen LogP contribution in [0.2, 0.25) is 0 Å². The van der Waals surface area contributed by atoms with E-state index in [1.54, 1.807) is 31.4 Å². The normalized spacial score (nSPS) is 19.6. The van der Waals surface area contributed by atoms with E-state index in [1.165, 1.54) is 19.3 Å². The van der Waals surface area contributed by atoms with Crippen molar-refractivity contribution in [1.29, 1.82) is 0 Å². The summed E-state index contributed by atoms with van der Waals surface area (Å²) in [6, 6.07) is 12.0. The second kappa shape index (κ2) is 7.91. The van der Waals surface area contributed by atoms with Gasteiger partial charge in [-0.25, -0.2) is 0 Å². The van der Waals surface area contributed by atoms with E-state index >= 15 is 0 Å². The van der Waals surface area contributed by atoms with Crippen LogP contribution in [0.15, 0.2) is 36.4 Å². The predicted octanol–water partition coefficient (Wildman–Crippen LogP) is 4.61. The van der Waals surface area contributed by atoms with E-state index in [-0.39, 0.29) is 5.91 Å². The van der Waals surface area contributed by atoms with Crippen molar-refractivity contribution in [2.24, 2.45) is 0 Å². The molecule has 2 aromatic carbocycles. The van der Waals surface area contributed by atoms with Crippen LogP contribution in [0.1, 0.15) is 49.0 Å². The number of hydrogen-bond donors (Lipinski definition) is 2. The molecule has 2 aromatic rings. The number of carbonyl (C=O) groups excluding carboxylic acids is 1. The second-order valence-electron chi connectivity index (χ2n) is 7.44. The topological polar surface area (TPSA) is 67.6 Å². The van der Waals surface area contributed by atoms with Crippen LogP contribution in [0.25, 0.3) is 0 Å². The van der Waals surface area contributed by atoms with E-state index in [0.29, 0.717) is 29.0 Å². The van der Waals surface area contributed by atoms with E-state index in [4.69, 9.17) is 10.5 Å². The van der Waals surface area contributed by atoms with Crippen molar-refractivity contribution in [3.05, 3.63) is 47.5 Å². The molecule has 0 spiro atoms. The number of benzene rings is 2. The summed E-state index contributed by atoms with van der Waals surface area (Å²) in [5.74, 6) is 0.538. The van der Waals surface area contributed by atoms with Gasteiger partial charge >= 0.3 is 0 Å². The first-order valence-corrected chi connectivity index (χ1v) is 9.54. The van der Waals surface area contributed by atoms with Crippen LogP contribution >= 0.6 is 0 Å². The quantitative estimate of drug-likeness (QED) is 0.775. The molecule has 1 amide bonds. The Morgan fingerprint density at radius 1 is 1.15 bits per heavy atom. The number of ether oxygens (including phenoxy) is 1. The van der Waals surface area contributed by atoms with Gasteiger partial charge in [0.15, 0.2) is 0 Å². The lowest BCUT2D eigenvalue weighted by atomic mass is 9.95. The fourth-order valence-corrected chi connectivity index (χ4v) is 3.94. The summed E-state index contributed by atoms with van der Waals surface area (Å²) >= 11 is 0. The van der Waals surface area contributed by atoms with Gasteiger partial charge in [-0.3, -0.25) is 4.79 Å². The molecule has 3 N–H and O–H groups in total. The number of nitrogens with two attached hydrogens (primary N) is 1. The zero-order valence-electron chi connectivity index (χ0n) is 16.6. The van der Waals surface area contributed by atoms with Crippen molar-refractivity contribution in [3.63, 3.8) is 0 Å². The van der Waals surface area contributed by atoms with E-state index in [9.17, 15) is 4.79 Å². The van der Waals surface area contributed by atoms with Crippen LogP contribution in [0.5, 0.6) is 5.75 Å². The van der Waals surface area contributed by atoms with Crippen LogP contribution in [-0.4, -0.2) is 25.1 Å². The standard InChI is InChI=1S/C22H29N3O2/c1-14-12-19(23)20(13-21(14)25-15(2)6-5-7-16(25)3)24-22(26)17-8-10-18(27-4)11-9-17/h8-13,15-16H,5-7,23H2,1-4H3,(H,24,26)/t15-,16-/m0/s1. The average Bonchev–Trinajstić information content (AvgIpc) is 2.65. The van der Waals surface area contributed by atoms with Gasteiger partial charge in [-0.05, 0) is 82.0 Å². The molecule has 0 radical (unpaired) electrons. The highest BCUT2D eigenvalue weighted by Crippen LogP contribution is 2.36. The molecular weight excluding hydrogens is 338 g/mol. The third kappa shape index (κ3) is 4.02. The highest BCUT2D eigenvalue weighted by atomic mass is 16.5. The molecule has 1 saturated heterocycles. The van der Waals surface area contributed by atoms with Crippen molar-refractivity contribution in [2.45, 2.75) is 52.1 Å². The lowest BCUT2D eigenvalue weighted by Gasteiger charge is -2.42. The lowest BCUT2D eigenvalue weighted by molar-refractivity contribution is 0.102. The number of aryl methyl sites for hydroxylation is 1. The molecule has 5 nitrogen and oxygen atoms in total. The second-order valence-corrected chi connectivity index (χ2v) is 7.44. The maximum Gasteiger partial charge on any atom is 0.255 e. The number of hydrogen-bond acceptors (Lipinski definition) is 4. The molecule has 5 heteroatoms. The maximum atomic E-state index is 12.6. The number of amides is 1. The predicted molar refractivity (Wildman–Crippen MR) is 112 cm³/mol. The van der Waals surface area contributed by atoms with Gasteiger partial charge < -0.3 is 20.7 Å². The molecular formula is C22H29N3O2. The smallest absolute Gasteiger partial charge is 0.255 e. The molecule has 144 valence electrons. The molecule has 1 heterocycles. The summed E-state index contributed by atoms with van der Waals surface area (Å²) in [6.45, 7) is 6.61. The third-order valence-electron chi connectivity index (χ3n) is 5.44. The molecule has 1 fully saturated rings. The third-order valence-corrected chi connectivity index (χ3v) is 5.44. The molecule has 0 unspecified atom stereocenters. The molecule has 27 heavy (non-hydrogen) atoms. The molecule has 3 rings (SSSR count). The van der Waals surface area contributed by atoms with Crippen LogP contribution in [0.4, 0.5) is 17.1 Å². The lowest BCUT2D eigenvalue weighted by Crippen LogP contribution is -2.44. The maximum absolute atomic E-state index is 12.6. The number of nitrogens with zero attached hydrogens (tertiary/aromatic N) is 1. The van der Waals surface area contributed by atoms with Crippen molar-refractivity contribution < 1.29 is 9.53 Å². The minimum absolute atomic E-state index is 0.182. The van der Waals surface area contributed by atoms with Gasteiger partial charge in [0, 0.05) is 23.3 Å². The highest BCUT2D eigenvalue weighted by molar-refractivity contribution is 6.06. The largest absolute Gasteiger partial charge is 0.497 e. The van der Waals surface area contributed by atoms with E-state index in [1.807, 2.05) is 12.1 Å². The first kappa shape index (κ1) is 19.1. The van der Waals surface area contributed by atoms with Gasteiger partial charge in [0.05, 0.1) is 18.5 Å². The van der Waals surface area contributed by atoms with E-state index in [0.717, 1.165) is 17.0 Å². The molecule has 0 bridgehead atoms. The number of rotatable bonds is 4. The van der Waals surface area contributed by atoms with Gasteiger partial charge in [0.1, 0.15) is 5.75 Å². The molecule has 0 aliphatic carbocycles. The van der Waals surface area contributed by atoms with Crippen LogP contribution in [-0.2, 0) is 0 Å². The van der Waals surface area contributed by atoms with Crippen molar-refractivity contribution in [3.8, 4) is 5.75 Å². The molecule has 2 atom stereocenters. The first-order chi connectivity index (χ1) is 12.9. The minimum Gasteiger partial charge on any atom is -0.497 e. The van der Waals surface area contributed by atoms with Gasteiger partial charge in [-0.15, -0.1) is 0 Å². The number of anilines is 3. The van der Waals surface area contributed by atoms with Gasteiger partial charge in [0.25, 0.3) is 5.91 Å². The van der Waals surface area contributed by atoms with E-state index < -0.39 is 0 Å². The Labute approximate surface area is 161 Å². The summed E-state index contributed by atoms with van der Waals surface area (Å²) in [5.41, 5.74) is 10.3. The number of nitrogens with one attached hydrogen (secondary N) is 1. The summed E-state index contributed by atoms with van der Waals surface area (Å²) in [7, 11) is 1.60. The van der Waals surface area contributed by atoms with Crippen molar-refractivity contribution in [1.82, 2.24) is 0 Å². The first-order valence-electron chi connectivity index (χ1n) is 9.54. The van der Waals surface area contributed by atoms with Crippen molar-refractivity contribution in [2.75, 3.05) is 23.1 Å². The number of methoxy groups -OCH3 is 1. The van der Waals surface area contributed by atoms with Crippen LogP contribution < -0.4 is 20.7 Å². The molecule has 1 aliphatic heterocycles. The minimum atomic E-state index is -0.182. The molecule has 0 aromatic heterocycles. The van der Waals surface area contributed by atoms with Gasteiger partial charge in [-0.2, -0.15) is 0 Å². The van der Waals surface area contributed by atoms with Crippen molar-refractivity contribution >= 4 is 23.0 Å². The molecule has 1 aliphatic rings. The fraction of sp³-hybridized carbons (Fsp3) is 0.409.